The highest BCUT2D eigenvalue weighted by atomic mass is 35.5. The third-order valence-electron chi connectivity index (χ3n) is 5.07. The molecule has 27 heavy (non-hydrogen) atoms. The lowest BCUT2D eigenvalue weighted by Crippen LogP contribution is -2.04. The predicted molar refractivity (Wildman–Crippen MR) is 114 cm³/mol. The summed E-state index contributed by atoms with van der Waals surface area (Å²) >= 11 is 9.89. The molecule has 1 aromatic carbocycles. The van der Waals surface area contributed by atoms with Crippen molar-refractivity contribution in [2.45, 2.75) is 55.9 Å². The Morgan fingerprint density at radius 3 is 2.81 bits per heavy atom. The smallest absolute Gasteiger partial charge is 0.191 e. The molecule has 1 aliphatic carbocycles. The van der Waals surface area contributed by atoms with Crippen molar-refractivity contribution in [2.75, 3.05) is 0 Å². The van der Waals surface area contributed by atoms with Crippen molar-refractivity contribution in [1.82, 2.24) is 19.7 Å². The molecule has 2 heterocycles. The molecule has 0 N–H and O–H groups in total. The molecule has 0 atom stereocenters. The van der Waals surface area contributed by atoms with Gasteiger partial charge in [-0.2, -0.15) is 0 Å². The summed E-state index contributed by atoms with van der Waals surface area (Å²) in [6, 6.07) is 6.01. The number of halogens is 1. The Morgan fingerprint density at radius 2 is 2.04 bits per heavy atom. The van der Waals surface area contributed by atoms with Crippen LogP contribution in [-0.4, -0.2) is 19.7 Å². The zero-order valence-corrected chi connectivity index (χ0v) is 18.0. The van der Waals surface area contributed by atoms with Crippen LogP contribution >= 0.6 is 34.7 Å². The normalized spacial score (nSPS) is 15.4. The van der Waals surface area contributed by atoms with E-state index in [0.29, 0.717) is 10.9 Å². The van der Waals surface area contributed by atoms with E-state index in [9.17, 15) is 0 Å². The maximum absolute atomic E-state index is 6.40. The van der Waals surface area contributed by atoms with Crippen LogP contribution in [0.3, 0.4) is 0 Å². The van der Waals surface area contributed by atoms with Gasteiger partial charge in [-0.05, 0) is 37.5 Å². The first-order valence-electron chi connectivity index (χ1n) is 9.35. The van der Waals surface area contributed by atoms with Crippen LogP contribution in [0.4, 0.5) is 0 Å². The van der Waals surface area contributed by atoms with Crippen molar-refractivity contribution in [2.24, 2.45) is 7.05 Å². The van der Waals surface area contributed by atoms with E-state index in [0.717, 1.165) is 33.6 Å². The highest BCUT2D eigenvalue weighted by molar-refractivity contribution is 7.98. The number of aromatic nitrogens is 4. The summed E-state index contributed by atoms with van der Waals surface area (Å²) in [4.78, 5) is 4.89. The van der Waals surface area contributed by atoms with Crippen LogP contribution < -0.4 is 0 Å². The number of thioether (sulfide) groups is 1. The van der Waals surface area contributed by atoms with Crippen molar-refractivity contribution in [3.63, 3.8) is 0 Å². The molecule has 4 nitrogen and oxygen atoms in total. The fourth-order valence-corrected chi connectivity index (χ4v) is 5.76. The summed E-state index contributed by atoms with van der Waals surface area (Å²) in [5, 5.41) is 13.8. The molecule has 0 spiro atoms. The lowest BCUT2D eigenvalue weighted by atomic mass is 9.90. The topological polar surface area (TPSA) is 43.6 Å². The SMILES string of the molecule is Cc1ccc(-c2nnc(SCc3csc(C4CCCCC4)n3)n2C)c(Cl)c1. The third-order valence-corrected chi connectivity index (χ3v) is 7.50. The molecular formula is C20H23ClN4S2. The van der Waals surface area contributed by atoms with Gasteiger partial charge >= 0.3 is 0 Å². The maximum atomic E-state index is 6.40. The van der Waals surface area contributed by atoms with Gasteiger partial charge in [-0.3, -0.25) is 0 Å². The Kier molecular flexibility index (Phi) is 5.85. The first-order valence-corrected chi connectivity index (χ1v) is 11.6. The van der Waals surface area contributed by atoms with Gasteiger partial charge < -0.3 is 4.57 Å². The van der Waals surface area contributed by atoms with Gasteiger partial charge in [-0.1, -0.05) is 48.7 Å². The van der Waals surface area contributed by atoms with Crippen LogP contribution in [-0.2, 0) is 12.8 Å². The molecule has 0 radical (unpaired) electrons. The molecule has 1 saturated carbocycles. The number of hydrogen-bond donors (Lipinski definition) is 0. The number of thiazole rings is 1. The Morgan fingerprint density at radius 1 is 1.22 bits per heavy atom. The van der Waals surface area contributed by atoms with E-state index in [1.807, 2.05) is 48.1 Å². The second kappa shape index (κ2) is 8.33. The van der Waals surface area contributed by atoms with Crippen LogP contribution in [0.15, 0.2) is 28.7 Å². The number of benzene rings is 1. The molecule has 142 valence electrons. The molecular weight excluding hydrogens is 396 g/mol. The van der Waals surface area contributed by atoms with E-state index in [1.54, 1.807) is 11.8 Å². The van der Waals surface area contributed by atoms with Crippen LogP contribution in [0.1, 0.15) is 54.3 Å². The fourth-order valence-electron chi connectivity index (χ4n) is 3.54. The first kappa shape index (κ1) is 19.0. The van der Waals surface area contributed by atoms with Crippen molar-refractivity contribution in [1.29, 1.82) is 0 Å². The third kappa shape index (κ3) is 4.23. The van der Waals surface area contributed by atoms with Gasteiger partial charge in [0.05, 0.1) is 15.7 Å². The highest BCUT2D eigenvalue weighted by Crippen LogP contribution is 2.35. The zero-order chi connectivity index (χ0) is 18.8. The van der Waals surface area contributed by atoms with E-state index >= 15 is 0 Å². The Balaban J connectivity index is 1.45. The highest BCUT2D eigenvalue weighted by Gasteiger charge is 2.19. The van der Waals surface area contributed by atoms with Crippen LogP contribution in [0, 0.1) is 6.92 Å². The molecule has 2 aromatic heterocycles. The van der Waals surface area contributed by atoms with Crippen molar-refractivity contribution in [3.8, 4) is 11.4 Å². The average molecular weight is 419 g/mol. The standard InChI is InChI=1S/C20H23ClN4S2/c1-13-8-9-16(17(21)10-13)18-23-24-20(25(18)2)27-12-15-11-26-19(22-15)14-6-4-3-5-7-14/h8-11,14H,3-7,12H2,1-2H3. The van der Waals surface area contributed by atoms with Crippen LogP contribution in [0.2, 0.25) is 5.02 Å². The largest absolute Gasteiger partial charge is 0.305 e. The average Bonchev–Trinajstić information content (AvgIpc) is 3.28. The van der Waals surface area contributed by atoms with Crippen molar-refractivity contribution in [3.05, 3.63) is 44.9 Å². The van der Waals surface area contributed by atoms with E-state index in [2.05, 4.69) is 15.6 Å². The molecule has 0 unspecified atom stereocenters. The summed E-state index contributed by atoms with van der Waals surface area (Å²) in [6.45, 7) is 2.03. The van der Waals surface area contributed by atoms with Gasteiger partial charge in [0, 0.05) is 29.7 Å². The second-order valence-electron chi connectivity index (χ2n) is 7.15. The molecule has 4 rings (SSSR count). The second-order valence-corrected chi connectivity index (χ2v) is 9.39. The fraction of sp³-hybridized carbons (Fsp3) is 0.450. The number of nitrogens with zero attached hydrogens (tertiary/aromatic N) is 4. The van der Waals surface area contributed by atoms with Gasteiger partial charge in [-0.25, -0.2) is 4.98 Å². The minimum Gasteiger partial charge on any atom is -0.305 e. The molecule has 7 heteroatoms. The zero-order valence-electron chi connectivity index (χ0n) is 15.6. The summed E-state index contributed by atoms with van der Waals surface area (Å²) in [7, 11) is 1.99. The van der Waals surface area contributed by atoms with Gasteiger partial charge in [-0.15, -0.1) is 21.5 Å². The van der Waals surface area contributed by atoms with Crippen LogP contribution in [0.5, 0.6) is 0 Å². The van der Waals surface area contributed by atoms with E-state index in [4.69, 9.17) is 16.6 Å². The predicted octanol–water partition coefficient (Wildman–Crippen LogP) is 6.24. The minimum absolute atomic E-state index is 0.674. The summed E-state index contributed by atoms with van der Waals surface area (Å²) in [5.41, 5.74) is 3.19. The number of hydrogen-bond acceptors (Lipinski definition) is 5. The lowest BCUT2D eigenvalue weighted by Gasteiger charge is -2.18. The van der Waals surface area contributed by atoms with Crippen LogP contribution in [0.25, 0.3) is 11.4 Å². The Hall–Kier alpha value is -1.37. The molecule has 0 aliphatic heterocycles. The molecule has 3 aromatic rings. The number of rotatable bonds is 5. The van der Waals surface area contributed by atoms with Gasteiger partial charge in [0.2, 0.25) is 0 Å². The maximum Gasteiger partial charge on any atom is 0.191 e. The van der Waals surface area contributed by atoms with Gasteiger partial charge in [0.15, 0.2) is 11.0 Å². The minimum atomic E-state index is 0.674. The summed E-state index contributed by atoms with van der Waals surface area (Å²) < 4.78 is 2.01. The Labute approximate surface area is 173 Å². The van der Waals surface area contributed by atoms with Gasteiger partial charge in [0.1, 0.15) is 0 Å². The molecule has 0 saturated heterocycles. The Bertz CT molecular complexity index is 928. The molecule has 1 fully saturated rings. The molecule has 1 aliphatic rings. The van der Waals surface area contributed by atoms with Crippen molar-refractivity contribution >= 4 is 34.7 Å². The first-order chi connectivity index (χ1) is 13.1. The van der Waals surface area contributed by atoms with Crippen molar-refractivity contribution < 1.29 is 0 Å². The monoisotopic (exact) mass is 418 g/mol. The van der Waals surface area contributed by atoms with E-state index in [-0.39, 0.29) is 0 Å². The van der Waals surface area contributed by atoms with E-state index < -0.39 is 0 Å². The molecule has 0 amide bonds. The summed E-state index contributed by atoms with van der Waals surface area (Å²) in [5.74, 6) is 2.29. The van der Waals surface area contributed by atoms with E-state index in [1.165, 1.54) is 37.1 Å². The number of aryl methyl sites for hydroxylation is 1. The lowest BCUT2D eigenvalue weighted by molar-refractivity contribution is 0.442. The molecule has 0 bridgehead atoms. The quantitative estimate of drug-likeness (QED) is 0.460. The van der Waals surface area contributed by atoms with Gasteiger partial charge in [0.25, 0.3) is 0 Å². The summed E-state index contributed by atoms with van der Waals surface area (Å²) in [6.07, 6.45) is 6.66.